The molecule has 0 saturated carbocycles. The summed E-state index contributed by atoms with van der Waals surface area (Å²) in [5, 5.41) is 8.53. The van der Waals surface area contributed by atoms with Crippen molar-refractivity contribution in [2.24, 2.45) is 5.73 Å². The Hall–Kier alpha value is -1.76. The smallest absolute Gasteiger partial charge is 0.481 e. The summed E-state index contributed by atoms with van der Waals surface area (Å²) in [6.45, 7) is 0. The van der Waals surface area contributed by atoms with Gasteiger partial charge >= 0.3 is 12.3 Å². The van der Waals surface area contributed by atoms with Crippen molar-refractivity contribution in [1.82, 2.24) is 0 Å². The Bertz CT molecular complexity index is 420. The summed E-state index contributed by atoms with van der Waals surface area (Å²) in [6.07, 6.45) is -5.11. The van der Waals surface area contributed by atoms with Gasteiger partial charge in [0, 0.05) is 6.04 Å². The van der Waals surface area contributed by atoms with Gasteiger partial charge in [-0.1, -0.05) is 18.2 Å². The van der Waals surface area contributed by atoms with E-state index in [0.29, 0.717) is 0 Å². The number of para-hydroxylation sites is 1. The predicted molar refractivity (Wildman–Crippen MR) is 57.1 cm³/mol. The van der Waals surface area contributed by atoms with Crippen molar-refractivity contribution >= 4 is 5.97 Å². The zero-order valence-electron chi connectivity index (χ0n) is 9.28. The number of ether oxygens (including phenoxy) is 1. The minimum atomic E-state index is -4.78. The van der Waals surface area contributed by atoms with E-state index in [9.17, 15) is 18.0 Å². The lowest BCUT2D eigenvalue weighted by atomic mass is 10.0. The standard InChI is InChI=1S/C11H12F3NO3/c12-11(13,14)18-9-4-2-1-3-7(9)5-8(15)6-10(16)17/h1-4,8H,5-6,15H2,(H,16,17)/t8-/m0/s1. The van der Waals surface area contributed by atoms with E-state index in [2.05, 4.69) is 4.74 Å². The van der Waals surface area contributed by atoms with Crippen LogP contribution in [0, 0.1) is 0 Å². The molecule has 0 saturated heterocycles. The lowest BCUT2D eigenvalue weighted by molar-refractivity contribution is -0.274. The molecular formula is C11H12F3NO3. The number of hydrogen-bond acceptors (Lipinski definition) is 3. The number of alkyl halides is 3. The summed E-state index contributed by atoms with van der Waals surface area (Å²) >= 11 is 0. The summed E-state index contributed by atoms with van der Waals surface area (Å²) in [5.74, 6) is -1.46. The molecule has 0 aliphatic rings. The highest BCUT2D eigenvalue weighted by molar-refractivity contribution is 5.67. The van der Waals surface area contributed by atoms with Crippen molar-refractivity contribution in [3.63, 3.8) is 0 Å². The first-order valence-corrected chi connectivity index (χ1v) is 5.09. The molecule has 0 fully saturated rings. The number of halogens is 3. The van der Waals surface area contributed by atoms with Crippen LogP contribution in [-0.2, 0) is 11.2 Å². The molecule has 0 spiro atoms. The van der Waals surface area contributed by atoms with E-state index in [-0.39, 0.29) is 24.2 Å². The maximum atomic E-state index is 12.1. The average Bonchev–Trinajstić information content (AvgIpc) is 2.17. The summed E-state index contributed by atoms with van der Waals surface area (Å²) in [7, 11) is 0. The van der Waals surface area contributed by atoms with Crippen LogP contribution in [-0.4, -0.2) is 23.5 Å². The fourth-order valence-corrected chi connectivity index (χ4v) is 1.48. The van der Waals surface area contributed by atoms with E-state index in [1.807, 2.05) is 0 Å². The topological polar surface area (TPSA) is 72.6 Å². The van der Waals surface area contributed by atoms with Gasteiger partial charge in [-0.2, -0.15) is 0 Å². The molecule has 1 atom stereocenters. The largest absolute Gasteiger partial charge is 0.573 e. The Balaban J connectivity index is 2.79. The fourth-order valence-electron chi connectivity index (χ4n) is 1.48. The second-order valence-corrected chi connectivity index (χ2v) is 3.72. The van der Waals surface area contributed by atoms with Crippen LogP contribution >= 0.6 is 0 Å². The molecule has 1 aromatic rings. The molecular weight excluding hydrogens is 251 g/mol. The van der Waals surface area contributed by atoms with Gasteiger partial charge in [0.1, 0.15) is 5.75 Å². The SMILES string of the molecule is N[C@H](CC(=O)O)Cc1ccccc1OC(F)(F)F. The van der Waals surface area contributed by atoms with Crippen molar-refractivity contribution in [2.45, 2.75) is 25.2 Å². The normalized spacial score (nSPS) is 13.1. The molecule has 0 amide bonds. The molecule has 1 aromatic carbocycles. The highest BCUT2D eigenvalue weighted by Gasteiger charge is 2.32. The molecule has 3 N–H and O–H groups in total. The van der Waals surface area contributed by atoms with Crippen LogP contribution in [0.4, 0.5) is 13.2 Å². The molecule has 4 nitrogen and oxygen atoms in total. The molecule has 0 unspecified atom stereocenters. The molecule has 0 bridgehead atoms. The quantitative estimate of drug-likeness (QED) is 0.851. The average molecular weight is 263 g/mol. The van der Waals surface area contributed by atoms with Crippen molar-refractivity contribution in [3.05, 3.63) is 29.8 Å². The number of carboxylic acids is 1. The van der Waals surface area contributed by atoms with Gasteiger partial charge in [-0.15, -0.1) is 13.2 Å². The van der Waals surface area contributed by atoms with Crippen molar-refractivity contribution < 1.29 is 27.8 Å². The minimum absolute atomic E-state index is 0.00144. The van der Waals surface area contributed by atoms with Gasteiger partial charge in [-0.3, -0.25) is 4.79 Å². The molecule has 0 heterocycles. The minimum Gasteiger partial charge on any atom is -0.481 e. The Kier molecular flexibility index (Phi) is 4.55. The van der Waals surface area contributed by atoms with Crippen LogP contribution in [0.2, 0.25) is 0 Å². The predicted octanol–water partition coefficient (Wildman–Crippen LogP) is 1.93. The van der Waals surface area contributed by atoms with Crippen LogP contribution in [0.5, 0.6) is 5.75 Å². The highest BCUT2D eigenvalue weighted by atomic mass is 19.4. The maximum Gasteiger partial charge on any atom is 0.573 e. The summed E-state index contributed by atoms with van der Waals surface area (Å²) in [5.41, 5.74) is 5.75. The number of nitrogens with two attached hydrogens (primary N) is 1. The van der Waals surface area contributed by atoms with E-state index in [0.717, 1.165) is 6.07 Å². The zero-order chi connectivity index (χ0) is 13.8. The van der Waals surface area contributed by atoms with Gasteiger partial charge in [0.25, 0.3) is 0 Å². The number of rotatable bonds is 5. The van der Waals surface area contributed by atoms with Crippen LogP contribution in [0.1, 0.15) is 12.0 Å². The van der Waals surface area contributed by atoms with Gasteiger partial charge in [0.2, 0.25) is 0 Å². The van der Waals surface area contributed by atoms with E-state index in [1.165, 1.54) is 18.2 Å². The molecule has 0 aromatic heterocycles. The lowest BCUT2D eigenvalue weighted by Gasteiger charge is -2.15. The lowest BCUT2D eigenvalue weighted by Crippen LogP contribution is -2.27. The van der Waals surface area contributed by atoms with Crippen molar-refractivity contribution in [3.8, 4) is 5.75 Å². The van der Waals surface area contributed by atoms with Crippen LogP contribution in [0.25, 0.3) is 0 Å². The molecule has 0 aliphatic carbocycles. The third kappa shape index (κ3) is 5.05. The van der Waals surface area contributed by atoms with Gasteiger partial charge in [-0.05, 0) is 18.1 Å². The van der Waals surface area contributed by atoms with Gasteiger partial charge < -0.3 is 15.6 Å². The zero-order valence-corrected chi connectivity index (χ0v) is 9.28. The van der Waals surface area contributed by atoms with Crippen LogP contribution < -0.4 is 10.5 Å². The second kappa shape index (κ2) is 5.72. The monoisotopic (exact) mass is 263 g/mol. The molecule has 18 heavy (non-hydrogen) atoms. The van der Waals surface area contributed by atoms with Gasteiger partial charge in [0.15, 0.2) is 0 Å². The fraction of sp³-hybridized carbons (Fsp3) is 0.364. The molecule has 7 heteroatoms. The van der Waals surface area contributed by atoms with E-state index in [1.54, 1.807) is 0 Å². The van der Waals surface area contributed by atoms with Crippen molar-refractivity contribution in [2.75, 3.05) is 0 Å². The maximum absolute atomic E-state index is 12.1. The summed E-state index contributed by atoms with van der Waals surface area (Å²) < 4.78 is 40.2. The van der Waals surface area contributed by atoms with Crippen LogP contribution in [0.15, 0.2) is 24.3 Å². The van der Waals surface area contributed by atoms with Crippen LogP contribution in [0.3, 0.4) is 0 Å². The molecule has 1 rings (SSSR count). The number of carboxylic acid groups (broad SMARTS) is 1. The Morgan fingerprint density at radius 2 is 2.00 bits per heavy atom. The van der Waals surface area contributed by atoms with E-state index in [4.69, 9.17) is 10.8 Å². The van der Waals surface area contributed by atoms with Crippen molar-refractivity contribution in [1.29, 1.82) is 0 Å². The summed E-state index contributed by atoms with van der Waals surface area (Å²) in [4.78, 5) is 10.4. The molecule has 100 valence electrons. The van der Waals surface area contributed by atoms with E-state index >= 15 is 0 Å². The van der Waals surface area contributed by atoms with Gasteiger partial charge in [-0.25, -0.2) is 0 Å². The first-order chi connectivity index (χ1) is 8.28. The third-order valence-corrected chi connectivity index (χ3v) is 2.12. The second-order valence-electron chi connectivity index (χ2n) is 3.72. The Labute approximate surface area is 101 Å². The molecule has 0 radical (unpaired) electrons. The Morgan fingerprint density at radius 1 is 1.39 bits per heavy atom. The number of benzene rings is 1. The van der Waals surface area contributed by atoms with E-state index < -0.39 is 18.4 Å². The first-order valence-electron chi connectivity index (χ1n) is 5.09. The third-order valence-electron chi connectivity index (χ3n) is 2.12. The first kappa shape index (κ1) is 14.3. The van der Waals surface area contributed by atoms with Gasteiger partial charge in [0.05, 0.1) is 6.42 Å². The highest BCUT2D eigenvalue weighted by Crippen LogP contribution is 2.27. The number of carbonyl (C=O) groups is 1. The molecule has 0 aliphatic heterocycles. The Morgan fingerprint density at radius 3 is 2.56 bits per heavy atom. The number of aliphatic carboxylic acids is 1. The number of hydrogen-bond donors (Lipinski definition) is 2. The summed E-state index contributed by atoms with van der Waals surface area (Å²) in [6, 6.07) is 4.75.